The molecular formula is C30H47N2Si+. The number of allylic oxidation sites excluding steroid dienone is 6. The van der Waals surface area contributed by atoms with Gasteiger partial charge in [-0.15, -0.1) is 0 Å². The predicted octanol–water partition coefficient (Wildman–Crippen LogP) is 6.95. The molecule has 3 rings (SSSR count). The molecule has 1 aromatic carbocycles. The largest absolute Gasteiger partial charge is 0.367 e. The minimum absolute atomic E-state index is 0.481. The van der Waals surface area contributed by atoms with E-state index in [0.717, 1.165) is 0 Å². The molecule has 0 amide bonds. The van der Waals surface area contributed by atoms with Crippen molar-refractivity contribution in [1.29, 1.82) is 0 Å². The molecule has 0 fully saturated rings. The molecule has 0 atom stereocenters. The number of rotatable bonds is 6. The van der Waals surface area contributed by atoms with Gasteiger partial charge in [0, 0.05) is 29.9 Å². The summed E-state index contributed by atoms with van der Waals surface area (Å²) in [6, 6.07) is 9.26. The van der Waals surface area contributed by atoms with Crippen molar-refractivity contribution >= 4 is 30.2 Å². The first-order valence-electron chi connectivity index (χ1n) is 13.0. The van der Waals surface area contributed by atoms with Crippen molar-refractivity contribution in [3.05, 3.63) is 52.8 Å². The number of nitrogens with zero attached hydrogens (tertiary/aromatic N) is 2. The van der Waals surface area contributed by atoms with Crippen LogP contribution >= 0.6 is 0 Å². The summed E-state index contributed by atoms with van der Waals surface area (Å²) in [4.78, 5) is 2.56. The van der Waals surface area contributed by atoms with Crippen LogP contribution in [0.3, 0.4) is 0 Å². The maximum absolute atomic E-state index is 2.56. The lowest BCUT2D eigenvalue weighted by Gasteiger charge is -2.40. The summed E-state index contributed by atoms with van der Waals surface area (Å²) in [6.45, 7) is 28.3. The highest BCUT2D eigenvalue weighted by Crippen LogP contribution is 2.42. The Hall–Kier alpha value is -1.87. The summed E-state index contributed by atoms with van der Waals surface area (Å²) in [5, 5.41) is 3.19. The minimum Gasteiger partial charge on any atom is -0.367 e. The molecule has 0 radical (unpaired) electrons. The zero-order valence-corrected chi connectivity index (χ0v) is 24.2. The first kappa shape index (κ1) is 25.7. The van der Waals surface area contributed by atoms with Crippen LogP contribution in [0.4, 0.5) is 5.69 Å². The van der Waals surface area contributed by atoms with E-state index in [0.29, 0.717) is 30.1 Å². The summed E-state index contributed by atoms with van der Waals surface area (Å²) in [7, 11) is -1.89. The molecule has 1 aliphatic heterocycles. The van der Waals surface area contributed by atoms with Gasteiger partial charge in [0.05, 0.1) is 0 Å². The fourth-order valence-electron chi connectivity index (χ4n) is 6.19. The highest BCUT2D eigenvalue weighted by Gasteiger charge is 2.41. The molecule has 2 nitrogen and oxygen atoms in total. The Morgan fingerprint density at radius 1 is 0.788 bits per heavy atom. The van der Waals surface area contributed by atoms with E-state index in [-0.39, 0.29) is 0 Å². The second-order valence-corrected chi connectivity index (χ2v) is 16.2. The van der Waals surface area contributed by atoms with Crippen molar-refractivity contribution < 1.29 is 4.58 Å². The predicted molar refractivity (Wildman–Crippen MR) is 151 cm³/mol. The van der Waals surface area contributed by atoms with E-state index in [2.05, 4.69) is 128 Å². The number of hydrogen-bond acceptors (Lipinski definition) is 1. The average molecular weight is 464 g/mol. The molecule has 0 saturated heterocycles. The third kappa shape index (κ3) is 4.58. The van der Waals surface area contributed by atoms with Gasteiger partial charge in [0.25, 0.3) is 0 Å². The van der Waals surface area contributed by atoms with Gasteiger partial charge in [0.1, 0.15) is 20.2 Å². The van der Waals surface area contributed by atoms with Crippen LogP contribution in [-0.4, -0.2) is 42.5 Å². The van der Waals surface area contributed by atoms with Gasteiger partial charge in [-0.2, -0.15) is 0 Å². The monoisotopic (exact) mass is 463 g/mol. The molecular weight excluding hydrogens is 416 g/mol. The zero-order chi connectivity index (χ0) is 24.8. The Kier molecular flexibility index (Phi) is 7.34. The number of hydrogen-bond donors (Lipinski definition) is 0. The van der Waals surface area contributed by atoms with Crippen molar-refractivity contribution in [3.8, 4) is 0 Å². The van der Waals surface area contributed by atoms with Crippen molar-refractivity contribution in [2.45, 2.75) is 106 Å². The first-order chi connectivity index (χ1) is 15.3. The van der Waals surface area contributed by atoms with Gasteiger partial charge in [-0.05, 0) is 107 Å². The minimum atomic E-state index is -1.89. The number of anilines is 1. The van der Waals surface area contributed by atoms with Crippen molar-refractivity contribution in [1.82, 2.24) is 0 Å². The summed E-state index contributed by atoms with van der Waals surface area (Å²) in [5.41, 5.74) is 7.23. The van der Waals surface area contributed by atoms with Crippen LogP contribution in [0.15, 0.2) is 47.2 Å². The molecule has 1 heterocycles. The van der Waals surface area contributed by atoms with Gasteiger partial charge >= 0.3 is 0 Å². The summed E-state index contributed by atoms with van der Waals surface area (Å²) < 4.78 is 2.56. The molecule has 1 aromatic rings. The molecule has 2 aliphatic rings. The number of benzene rings is 1. The van der Waals surface area contributed by atoms with E-state index < -0.39 is 8.07 Å². The van der Waals surface area contributed by atoms with Gasteiger partial charge in [0.15, 0.2) is 5.71 Å². The summed E-state index contributed by atoms with van der Waals surface area (Å²) >= 11 is 0. The maximum atomic E-state index is 2.56. The van der Waals surface area contributed by atoms with Crippen LogP contribution in [0.1, 0.15) is 74.8 Å². The highest BCUT2D eigenvalue weighted by atomic mass is 28.3. The van der Waals surface area contributed by atoms with Crippen molar-refractivity contribution in [2.75, 3.05) is 4.90 Å². The Morgan fingerprint density at radius 2 is 1.36 bits per heavy atom. The lowest BCUT2D eigenvalue weighted by molar-refractivity contribution is -0.586. The second-order valence-electron chi connectivity index (χ2n) is 11.8. The molecule has 0 unspecified atom stereocenters. The topological polar surface area (TPSA) is 6.25 Å². The normalized spacial score (nSPS) is 17.4. The van der Waals surface area contributed by atoms with Gasteiger partial charge in [-0.1, -0.05) is 33.0 Å². The van der Waals surface area contributed by atoms with Crippen LogP contribution in [0.5, 0.6) is 0 Å². The third-order valence-corrected chi connectivity index (χ3v) is 10.9. The molecule has 0 saturated carbocycles. The highest BCUT2D eigenvalue weighted by molar-refractivity contribution is 6.97. The van der Waals surface area contributed by atoms with Crippen LogP contribution in [0.2, 0.25) is 13.1 Å². The molecule has 3 heteroatoms. The van der Waals surface area contributed by atoms with Gasteiger partial charge in [-0.3, -0.25) is 0 Å². The van der Waals surface area contributed by atoms with Crippen LogP contribution in [0.25, 0.3) is 5.57 Å². The smallest absolute Gasteiger partial charge is 0.200 e. The Morgan fingerprint density at radius 3 is 1.85 bits per heavy atom. The zero-order valence-electron chi connectivity index (χ0n) is 23.2. The van der Waals surface area contributed by atoms with E-state index in [9.17, 15) is 0 Å². The van der Waals surface area contributed by atoms with E-state index >= 15 is 0 Å². The van der Waals surface area contributed by atoms with E-state index in [1.165, 1.54) is 28.1 Å². The Bertz CT molecular complexity index is 1010. The third-order valence-electron chi connectivity index (χ3n) is 7.33. The molecule has 0 bridgehead atoms. The summed E-state index contributed by atoms with van der Waals surface area (Å²) in [5.74, 6) is 0.488. The lowest BCUT2D eigenvalue weighted by atomic mass is 9.87. The van der Waals surface area contributed by atoms with Crippen LogP contribution in [0, 0.1) is 5.92 Å². The maximum Gasteiger partial charge on any atom is 0.200 e. The molecule has 33 heavy (non-hydrogen) atoms. The van der Waals surface area contributed by atoms with Crippen LogP contribution < -0.4 is 10.1 Å². The van der Waals surface area contributed by atoms with E-state index in [1.54, 1.807) is 10.4 Å². The molecule has 1 aliphatic carbocycles. The van der Waals surface area contributed by atoms with E-state index in [4.69, 9.17) is 0 Å². The van der Waals surface area contributed by atoms with Gasteiger partial charge in [-0.25, -0.2) is 4.58 Å². The summed E-state index contributed by atoms with van der Waals surface area (Å²) in [6.07, 6.45) is 7.34. The fourth-order valence-corrected chi connectivity index (χ4v) is 9.28. The average Bonchev–Trinajstić information content (AvgIpc) is 2.67. The van der Waals surface area contributed by atoms with Crippen LogP contribution in [-0.2, 0) is 0 Å². The standard InChI is InChI=1S/C30H47N2Si/c1-19(2)30-26-15-13-24(31(20(3)4)21(5)6)17-28(26)33(11,12)29-18-25(14-16-27(29)30)32(22(7)8)23(9)10/h13-23H,1-12H3/q+1. The SMILES string of the molecule is CC(C)C1=C2C=CC(=[N+](C(C)C)C(C)C)C=C2[Si](C)(C)c2cc(N(C(C)C)C(C)C)ccc21. The molecule has 180 valence electrons. The Labute approximate surface area is 204 Å². The van der Waals surface area contributed by atoms with Gasteiger partial charge in [0.2, 0.25) is 0 Å². The lowest BCUT2D eigenvalue weighted by Crippen LogP contribution is -2.50. The van der Waals surface area contributed by atoms with Gasteiger partial charge < -0.3 is 4.90 Å². The quantitative estimate of drug-likeness (QED) is 0.327. The number of fused-ring (bicyclic) bond motifs is 2. The Balaban J connectivity index is 2.32. The van der Waals surface area contributed by atoms with E-state index in [1.807, 2.05) is 0 Å². The molecule has 0 spiro atoms. The van der Waals surface area contributed by atoms with Crippen molar-refractivity contribution in [3.63, 3.8) is 0 Å². The molecule has 0 aromatic heterocycles. The molecule has 0 N–H and O–H groups in total. The first-order valence-corrected chi connectivity index (χ1v) is 16.0. The van der Waals surface area contributed by atoms with Crippen molar-refractivity contribution in [2.24, 2.45) is 5.92 Å². The second kappa shape index (κ2) is 9.41. The fraction of sp³-hybridized carbons (Fsp3) is 0.567.